The Kier molecular flexibility index (Phi) is 11.8. The molecule has 15 heteroatoms. The molecule has 2 saturated heterocycles. The second kappa shape index (κ2) is 13.4. The van der Waals surface area contributed by atoms with E-state index in [0.29, 0.717) is 5.91 Å². The Hall–Kier alpha value is -2.39. The van der Waals surface area contributed by atoms with Crippen molar-refractivity contribution in [2.75, 3.05) is 40.3 Å². The molecule has 1 spiro atoms. The van der Waals surface area contributed by atoms with Crippen LogP contribution in [0.4, 0.5) is 26.3 Å². The molecule has 8 nitrogen and oxygen atoms in total. The van der Waals surface area contributed by atoms with Gasteiger partial charge in [0, 0.05) is 54.4 Å². The van der Waals surface area contributed by atoms with E-state index in [1.54, 1.807) is 0 Å². The Morgan fingerprint density at radius 2 is 1.49 bits per heavy atom. The fraction of sp³-hybridized carbons (Fsp3) is 0.682. The van der Waals surface area contributed by atoms with Crippen LogP contribution < -0.4 is 0 Å². The summed E-state index contributed by atoms with van der Waals surface area (Å²) in [7, 11) is 4.16. The van der Waals surface area contributed by atoms with Crippen LogP contribution in [-0.2, 0) is 20.9 Å². The average Bonchev–Trinajstić information content (AvgIpc) is 3.30. The van der Waals surface area contributed by atoms with Gasteiger partial charge in [-0.15, -0.1) is 11.3 Å². The van der Waals surface area contributed by atoms with Crippen molar-refractivity contribution in [3.8, 4) is 0 Å². The van der Waals surface area contributed by atoms with Gasteiger partial charge in [0.25, 0.3) is 0 Å². The lowest BCUT2D eigenvalue weighted by Gasteiger charge is -2.45. The van der Waals surface area contributed by atoms with Crippen LogP contribution in [0, 0.1) is 6.92 Å². The monoisotopic (exact) mass is 563 g/mol. The number of nitrogens with zero attached hydrogens (tertiary/aromatic N) is 3. The molecule has 2 aliphatic heterocycles. The van der Waals surface area contributed by atoms with Gasteiger partial charge in [0.05, 0.1) is 0 Å². The van der Waals surface area contributed by atoms with Gasteiger partial charge < -0.3 is 20.0 Å². The number of aliphatic carboxylic acids is 2. The molecule has 37 heavy (non-hydrogen) atoms. The number of rotatable bonds is 5. The van der Waals surface area contributed by atoms with Gasteiger partial charge in [-0.05, 0) is 52.4 Å². The zero-order chi connectivity index (χ0) is 28.6. The van der Waals surface area contributed by atoms with Gasteiger partial charge in [0.1, 0.15) is 0 Å². The number of carboxylic acid groups (broad SMARTS) is 2. The first-order valence-electron chi connectivity index (χ1n) is 11.2. The summed E-state index contributed by atoms with van der Waals surface area (Å²) in [5.41, 5.74) is 0.148. The van der Waals surface area contributed by atoms with E-state index in [1.807, 2.05) is 11.3 Å². The third kappa shape index (κ3) is 10.9. The fourth-order valence-corrected chi connectivity index (χ4v) is 4.91. The molecule has 0 atom stereocenters. The van der Waals surface area contributed by atoms with E-state index in [0.717, 1.165) is 58.4 Å². The number of carbonyl (C=O) groups is 3. The maximum atomic E-state index is 12.3. The smallest absolute Gasteiger partial charge is 0.475 e. The summed E-state index contributed by atoms with van der Waals surface area (Å²) in [5.74, 6) is -5.14. The molecule has 212 valence electrons. The van der Waals surface area contributed by atoms with E-state index in [9.17, 15) is 31.1 Å². The minimum atomic E-state index is -5.08. The number of thiophene rings is 1. The van der Waals surface area contributed by atoms with Gasteiger partial charge in [-0.25, -0.2) is 9.59 Å². The molecule has 0 aromatic carbocycles. The first kappa shape index (κ1) is 32.6. The summed E-state index contributed by atoms with van der Waals surface area (Å²) < 4.78 is 63.5. The summed E-state index contributed by atoms with van der Waals surface area (Å²) >= 11 is 1.91. The van der Waals surface area contributed by atoms with Gasteiger partial charge in [0.15, 0.2) is 0 Å². The van der Waals surface area contributed by atoms with Crippen LogP contribution in [0.1, 0.15) is 35.4 Å². The number of likely N-dealkylation sites (N-methyl/N-ethyl adjacent to an activating group) is 1. The number of carbonyl (C=O) groups excluding carboxylic acids is 1. The van der Waals surface area contributed by atoms with E-state index < -0.39 is 24.3 Å². The predicted molar refractivity (Wildman–Crippen MR) is 123 cm³/mol. The molecule has 3 rings (SSSR count). The van der Waals surface area contributed by atoms with Gasteiger partial charge in [-0.2, -0.15) is 26.3 Å². The normalized spacial score (nSPS) is 17.8. The lowest BCUT2D eigenvalue weighted by Crippen LogP contribution is -2.54. The molecular weight excluding hydrogens is 532 g/mol. The molecule has 0 aliphatic carbocycles. The third-order valence-electron chi connectivity index (χ3n) is 5.90. The third-order valence-corrected chi connectivity index (χ3v) is 6.88. The molecule has 2 aliphatic rings. The van der Waals surface area contributed by atoms with Crippen molar-refractivity contribution in [2.45, 2.75) is 57.0 Å². The van der Waals surface area contributed by atoms with E-state index in [1.165, 1.54) is 9.75 Å². The first-order chi connectivity index (χ1) is 16.9. The van der Waals surface area contributed by atoms with Crippen molar-refractivity contribution < 1.29 is 50.9 Å². The van der Waals surface area contributed by atoms with Crippen molar-refractivity contribution in [1.29, 1.82) is 0 Å². The summed E-state index contributed by atoms with van der Waals surface area (Å²) in [6, 6.07) is 4.47. The molecule has 0 unspecified atom stereocenters. The average molecular weight is 564 g/mol. The Balaban J connectivity index is 0.000000404. The van der Waals surface area contributed by atoms with Crippen molar-refractivity contribution in [3.05, 3.63) is 21.9 Å². The van der Waals surface area contributed by atoms with Crippen LogP contribution >= 0.6 is 11.3 Å². The number of likely N-dealkylation sites (tertiary alicyclic amines) is 2. The van der Waals surface area contributed by atoms with Crippen LogP contribution in [0.5, 0.6) is 0 Å². The van der Waals surface area contributed by atoms with Gasteiger partial charge in [-0.1, -0.05) is 0 Å². The molecule has 1 aromatic rings. The number of carboxylic acids is 2. The number of amides is 1. The Morgan fingerprint density at radius 1 is 1.00 bits per heavy atom. The minimum Gasteiger partial charge on any atom is -0.475 e. The SMILES string of the molecule is Cc1ccc(CN2CCC3(CCC(=O)N3CCN(C)C)CC2)s1.O=C(O)C(F)(F)F.O=C(O)C(F)(F)F. The second-order valence-corrected chi connectivity index (χ2v) is 10.3. The molecule has 0 bridgehead atoms. The van der Waals surface area contributed by atoms with Gasteiger partial charge >= 0.3 is 24.3 Å². The van der Waals surface area contributed by atoms with E-state index in [2.05, 4.69) is 47.9 Å². The van der Waals surface area contributed by atoms with Crippen molar-refractivity contribution in [3.63, 3.8) is 0 Å². The first-order valence-corrected chi connectivity index (χ1v) is 12.0. The maximum Gasteiger partial charge on any atom is 0.490 e. The maximum absolute atomic E-state index is 12.3. The second-order valence-electron chi connectivity index (χ2n) is 8.97. The molecule has 1 amide bonds. The highest BCUT2D eigenvalue weighted by molar-refractivity contribution is 7.11. The van der Waals surface area contributed by atoms with Crippen molar-refractivity contribution >= 4 is 29.2 Å². The number of hydrogen-bond donors (Lipinski definition) is 2. The standard InChI is InChI=1S/C18H29N3OS.2C2HF3O2/c1-15-4-5-16(23-15)14-20-10-8-18(9-11-20)7-6-17(22)21(18)13-12-19(2)3;2*3-2(4,5)1(6)7/h4-5H,6-14H2,1-3H3;2*(H,6,7). The molecule has 3 heterocycles. The van der Waals surface area contributed by atoms with Crippen LogP contribution in [0.25, 0.3) is 0 Å². The molecule has 0 saturated carbocycles. The number of halogens is 6. The van der Waals surface area contributed by atoms with E-state index in [4.69, 9.17) is 19.8 Å². The number of piperidine rings is 1. The van der Waals surface area contributed by atoms with Gasteiger partial charge in [-0.3, -0.25) is 9.69 Å². The lowest BCUT2D eigenvalue weighted by molar-refractivity contribution is -0.193. The summed E-state index contributed by atoms with van der Waals surface area (Å²) in [6.45, 7) is 7.32. The fourth-order valence-electron chi connectivity index (χ4n) is 3.97. The molecule has 2 fully saturated rings. The molecule has 0 radical (unpaired) electrons. The summed E-state index contributed by atoms with van der Waals surface area (Å²) in [6.07, 6.45) is -6.09. The number of alkyl halides is 6. The lowest BCUT2D eigenvalue weighted by atomic mass is 9.85. The highest BCUT2D eigenvalue weighted by atomic mass is 32.1. The number of hydrogen-bond acceptors (Lipinski definition) is 6. The Bertz CT molecular complexity index is 887. The zero-order valence-electron chi connectivity index (χ0n) is 20.7. The van der Waals surface area contributed by atoms with Crippen LogP contribution in [0.3, 0.4) is 0 Å². The highest BCUT2D eigenvalue weighted by Crippen LogP contribution is 2.39. The molecule has 2 N–H and O–H groups in total. The highest BCUT2D eigenvalue weighted by Gasteiger charge is 2.46. The van der Waals surface area contributed by atoms with Crippen molar-refractivity contribution in [1.82, 2.24) is 14.7 Å². The van der Waals surface area contributed by atoms with Gasteiger partial charge in [0.2, 0.25) is 5.91 Å². The van der Waals surface area contributed by atoms with Crippen LogP contribution in [-0.4, -0.2) is 101 Å². The van der Waals surface area contributed by atoms with Crippen LogP contribution in [0.2, 0.25) is 0 Å². The minimum absolute atomic E-state index is 0.148. The predicted octanol–water partition coefficient (Wildman–Crippen LogP) is 3.84. The Labute approximate surface area is 214 Å². The van der Waals surface area contributed by atoms with E-state index in [-0.39, 0.29) is 5.54 Å². The Morgan fingerprint density at radius 3 is 1.86 bits per heavy atom. The summed E-state index contributed by atoms with van der Waals surface area (Å²) in [4.78, 5) is 39.9. The topological polar surface area (TPSA) is 101 Å². The largest absolute Gasteiger partial charge is 0.490 e. The van der Waals surface area contributed by atoms with Crippen LogP contribution in [0.15, 0.2) is 12.1 Å². The van der Waals surface area contributed by atoms with E-state index >= 15 is 0 Å². The zero-order valence-corrected chi connectivity index (χ0v) is 21.5. The molecular formula is C22H31F6N3O5S. The quantitative estimate of drug-likeness (QED) is 0.525. The van der Waals surface area contributed by atoms with Crippen molar-refractivity contribution in [2.24, 2.45) is 0 Å². The summed E-state index contributed by atoms with van der Waals surface area (Å²) in [5, 5.41) is 14.2. The molecule has 1 aromatic heterocycles. The number of aryl methyl sites for hydroxylation is 1.